The summed E-state index contributed by atoms with van der Waals surface area (Å²) in [5, 5.41) is 18.2. The average Bonchev–Trinajstić information content (AvgIpc) is 3.76. The van der Waals surface area contributed by atoms with Crippen LogP contribution < -0.4 is 0 Å². The number of aryl methyl sites for hydroxylation is 3. The van der Waals surface area contributed by atoms with Crippen molar-refractivity contribution < 1.29 is 5.11 Å². The first-order valence-corrected chi connectivity index (χ1v) is 21.6. The van der Waals surface area contributed by atoms with E-state index in [4.69, 9.17) is 15.0 Å². The van der Waals surface area contributed by atoms with Crippen LogP contribution in [0, 0.1) is 20.8 Å². The van der Waals surface area contributed by atoms with Crippen LogP contribution >= 0.6 is 0 Å². The van der Waals surface area contributed by atoms with Gasteiger partial charge in [-0.1, -0.05) is 132 Å². The number of aromatic hydroxyl groups is 1. The van der Waals surface area contributed by atoms with Gasteiger partial charge >= 0.3 is 0 Å². The average molecular weight is 808 g/mol. The van der Waals surface area contributed by atoms with Gasteiger partial charge in [-0.05, 0) is 95.6 Å². The third kappa shape index (κ3) is 5.45. The summed E-state index contributed by atoms with van der Waals surface area (Å²) in [5.41, 5.74) is 17.1. The highest BCUT2D eigenvalue weighted by Gasteiger charge is 2.30. The third-order valence-corrected chi connectivity index (χ3v) is 13.3. The Hall–Kier alpha value is -7.05. The van der Waals surface area contributed by atoms with Crippen LogP contribution in [0.1, 0.15) is 69.5 Å². The fourth-order valence-electron chi connectivity index (χ4n) is 9.93. The molecular formula is C56H49N5O. The minimum atomic E-state index is -0.323. The van der Waals surface area contributed by atoms with Gasteiger partial charge in [0.2, 0.25) is 0 Å². The molecule has 4 aromatic heterocycles. The zero-order valence-corrected chi connectivity index (χ0v) is 36.8. The van der Waals surface area contributed by atoms with Crippen molar-refractivity contribution >= 4 is 60.0 Å². The molecule has 0 atom stereocenters. The van der Waals surface area contributed by atoms with E-state index in [0.717, 1.165) is 93.8 Å². The number of hydrogen-bond acceptors (Lipinski definition) is 4. The van der Waals surface area contributed by atoms with E-state index in [2.05, 4.69) is 193 Å². The summed E-state index contributed by atoms with van der Waals surface area (Å²) >= 11 is 0. The summed E-state index contributed by atoms with van der Waals surface area (Å²) in [6.45, 7) is 19.8. The largest absolute Gasteiger partial charge is 0.507 e. The predicted molar refractivity (Wildman–Crippen MR) is 258 cm³/mol. The number of hydrogen-bond donors (Lipinski definition) is 1. The van der Waals surface area contributed by atoms with Crippen LogP contribution in [0.3, 0.4) is 0 Å². The Labute approximate surface area is 361 Å². The molecule has 0 bridgehead atoms. The maximum Gasteiger partial charge on any atom is 0.149 e. The van der Waals surface area contributed by atoms with E-state index in [1.54, 1.807) is 6.33 Å². The summed E-state index contributed by atoms with van der Waals surface area (Å²) in [5.74, 6) is 0.948. The molecule has 11 aromatic rings. The topological polar surface area (TPSA) is 68.2 Å². The highest BCUT2D eigenvalue weighted by Crippen LogP contribution is 2.48. The number of para-hydroxylation sites is 1. The van der Waals surface area contributed by atoms with Gasteiger partial charge in [0.15, 0.2) is 0 Å². The number of fused-ring (bicyclic) bond motifs is 6. The molecule has 0 amide bonds. The van der Waals surface area contributed by atoms with Crippen molar-refractivity contribution in [2.45, 2.75) is 73.1 Å². The lowest BCUT2D eigenvalue weighted by Gasteiger charge is -2.27. The number of benzene rings is 7. The van der Waals surface area contributed by atoms with Crippen molar-refractivity contribution in [3.8, 4) is 45.1 Å². The second kappa shape index (κ2) is 13.2. The molecular weight excluding hydrogens is 759 g/mol. The first kappa shape index (κ1) is 37.9. The summed E-state index contributed by atoms with van der Waals surface area (Å²) < 4.78 is 4.72. The minimum absolute atomic E-state index is 0.182. The molecule has 0 fully saturated rings. The molecule has 6 heteroatoms. The van der Waals surface area contributed by atoms with Gasteiger partial charge in [0, 0.05) is 38.5 Å². The van der Waals surface area contributed by atoms with Crippen molar-refractivity contribution in [3.63, 3.8) is 0 Å². The van der Waals surface area contributed by atoms with Gasteiger partial charge in [-0.25, -0.2) is 15.0 Å². The molecule has 0 saturated heterocycles. The second-order valence-electron chi connectivity index (χ2n) is 19.2. The van der Waals surface area contributed by atoms with Gasteiger partial charge in [0.1, 0.15) is 17.9 Å². The molecule has 0 aliphatic rings. The number of aromatic nitrogens is 5. The van der Waals surface area contributed by atoms with Crippen LogP contribution in [0.5, 0.6) is 5.75 Å². The van der Waals surface area contributed by atoms with Gasteiger partial charge < -0.3 is 9.51 Å². The van der Waals surface area contributed by atoms with E-state index < -0.39 is 0 Å². The highest BCUT2D eigenvalue weighted by atomic mass is 16.3. The fourth-order valence-corrected chi connectivity index (χ4v) is 9.93. The lowest BCUT2D eigenvalue weighted by molar-refractivity contribution is 0.446. The maximum atomic E-state index is 12.5. The fraction of sp³-hybridized carbons (Fsp3) is 0.196. The van der Waals surface area contributed by atoms with Crippen LogP contribution in [0.25, 0.3) is 99.4 Å². The molecule has 0 spiro atoms. The summed E-state index contributed by atoms with van der Waals surface area (Å²) in [7, 11) is 0. The van der Waals surface area contributed by atoms with Crippen molar-refractivity contribution in [2.24, 2.45) is 0 Å². The van der Waals surface area contributed by atoms with Crippen LogP contribution in [-0.4, -0.2) is 29.0 Å². The first-order valence-electron chi connectivity index (χ1n) is 21.6. The van der Waals surface area contributed by atoms with Gasteiger partial charge in [-0.3, -0.25) is 4.57 Å². The molecule has 7 aromatic carbocycles. The van der Waals surface area contributed by atoms with Crippen LogP contribution in [0.4, 0.5) is 0 Å². The Morgan fingerprint density at radius 3 is 2.08 bits per heavy atom. The molecule has 0 aliphatic heterocycles. The Bertz CT molecular complexity index is 3630. The number of phenolic OH excluding ortho intramolecular Hbond substituents is 1. The number of phenols is 1. The van der Waals surface area contributed by atoms with E-state index in [1.807, 2.05) is 0 Å². The predicted octanol–water partition coefficient (Wildman–Crippen LogP) is 14.3. The molecule has 6 nitrogen and oxygen atoms in total. The van der Waals surface area contributed by atoms with E-state index in [9.17, 15) is 5.11 Å². The summed E-state index contributed by atoms with van der Waals surface area (Å²) in [6.07, 6.45) is 1.70. The van der Waals surface area contributed by atoms with Gasteiger partial charge in [-0.15, -0.1) is 0 Å². The third-order valence-electron chi connectivity index (χ3n) is 13.3. The van der Waals surface area contributed by atoms with Gasteiger partial charge in [0.05, 0.1) is 49.7 Å². The van der Waals surface area contributed by atoms with Crippen molar-refractivity contribution in [1.29, 1.82) is 0 Å². The Balaban J connectivity index is 1.30. The van der Waals surface area contributed by atoms with E-state index in [-0.39, 0.29) is 16.6 Å². The lowest BCUT2D eigenvalue weighted by atomic mass is 9.79. The van der Waals surface area contributed by atoms with Crippen LogP contribution in [0.15, 0.2) is 128 Å². The van der Waals surface area contributed by atoms with E-state index >= 15 is 0 Å². The SMILES string of the molecule is Cc1ccc(-n2c(-c3cc(C(C)(C)C)cc(C(C)(C)C)c3O)nc3c(-c4cc5c6ncnc7ccc8c(C)c(C)n(c5c5ccccc45)c8c76)cccc32)c(-c2ccccc2)c1. The first-order chi connectivity index (χ1) is 29.7. The summed E-state index contributed by atoms with van der Waals surface area (Å²) in [4.78, 5) is 15.5. The highest BCUT2D eigenvalue weighted by molar-refractivity contribution is 6.27. The molecule has 62 heavy (non-hydrogen) atoms. The Kier molecular flexibility index (Phi) is 8.09. The van der Waals surface area contributed by atoms with Crippen LogP contribution in [-0.2, 0) is 10.8 Å². The standard InChI is InChI=1S/C56H49N5O/c1-31-22-25-46(40(26-31)34-16-11-10-12-17-34)61-47-21-15-20-38(49(47)59-54(61)43-27-35(55(4,5)6)28-44(53(43)62)56(7,8)9)41-29-42-50-48-45(57-30-58-50)24-23-36-32(2)33(3)60(52(36)48)51(42)39-19-14-13-18-37(39)41/h10-30,62H,1-9H3. The molecule has 11 rings (SSSR count). The molecule has 0 radical (unpaired) electrons. The summed E-state index contributed by atoms with van der Waals surface area (Å²) in [6, 6.07) is 43.5. The van der Waals surface area contributed by atoms with Gasteiger partial charge in [-0.2, -0.15) is 0 Å². The number of imidazole rings is 1. The molecule has 1 N–H and O–H groups in total. The minimum Gasteiger partial charge on any atom is -0.507 e. The molecule has 0 unspecified atom stereocenters. The second-order valence-corrected chi connectivity index (χ2v) is 19.2. The normalized spacial score (nSPS) is 12.7. The van der Waals surface area contributed by atoms with Crippen molar-refractivity contribution in [2.75, 3.05) is 0 Å². The zero-order chi connectivity index (χ0) is 43.0. The quantitative estimate of drug-likeness (QED) is 0.142. The number of rotatable bonds is 4. The molecule has 0 aliphatic carbocycles. The molecule has 4 heterocycles. The lowest BCUT2D eigenvalue weighted by Crippen LogP contribution is -2.17. The molecule has 0 saturated carbocycles. The van der Waals surface area contributed by atoms with Crippen molar-refractivity contribution in [3.05, 3.63) is 156 Å². The van der Waals surface area contributed by atoms with E-state index in [0.29, 0.717) is 11.4 Å². The smallest absolute Gasteiger partial charge is 0.149 e. The van der Waals surface area contributed by atoms with Crippen molar-refractivity contribution in [1.82, 2.24) is 23.9 Å². The van der Waals surface area contributed by atoms with E-state index in [1.165, 1.54) is 22.2 Å². The molecule has 304 valence electrons. The Morgan fingerprint density at radius 1 is 0.565 bits per heavy atom. The maximum absolute atomic E-state index is 12.5. The number of nitrogens with zero attached hydrogens (tertiary/aromatic N) is 5. The van der Waals surface area contributed by atoms with Gasteiger partial charge in [0.25, 0.3) is 0 Å². The Morgan fingerprint density at radius 2 is 1.32 bits per heavy atom. The van der Waals surface area contributed by atoms with Crippen LogP contribution in [0.2, 0.25) is 0 Å². The number of pyridine rings is 1. The zero-order valence-electron chi connectivity index (χ0n) is 36.8. The monoisotopic (exact) mass is 807 g/mol.